The molecule has 1 N–H and O–H groups in total. The molecule has 5 heteroatoms. The SMILES string of the molecule is COc1cc(/C=C/C(=O)Nc2cccc(C)c2)ccc1OCc1ccc(Cl)cc1. The first-order valence-electron chi connectivity index (χ1n) is 9.14. The van der Waals surface area contributed by atoms with Crippen LogP contribution in [-0.4, -0.2) is 13.0 Å². The van der Waals surface area contributed by atoms with Gasteiger partial charge in [0.1, 0.15) is 6.61 Å². The molecule has 0 aromatic heterocycles. The van der Waals surface area contributed by atoms with E-state index in [2.05, 4.69) is 5.32 Å². The van der Waals surface area contributed by atoms with Crippen LogP contribution in [0.4, 0.5) is 5.69 Å². The summed E-state index contributed by atoms with van der Waals surface area (Å²) >= 11 is 5.90. The zero-order valence-corrected chi connectivity index (χ0v) is 17.1. The third-order valence-electron chi connectivity index (χ3n) is 4.21. The number of hydrogen-bond donors (Lipinski definition) is 1. The average Bonchev–Trinajstić information content (AvgIpc) is 2.72. The summed E-state index contributed by atoms with van der Waals surface area (Å²) in [7, 11) is 1.59. The number of ether oxygens (including phenoxy) is 2. The van der Waals surface area contributed by atoms with Gasteiger partial charge in [0, 0.05) is 16.8 Å². The Morgan fingerprint density at radius 2 is 1.83 bits per heavy atom. The lowest BCUT2D eigenvalue weighted by Gasteiger charge is -2.11. The van der Waals surface area contributed by atoms with Crippen molar-refractivity contribution in [3.05, 3.63) is 94.5 Å². The van der Waals surface area contributed by atoms with Crippen LogP contribution in [0.25, 0.3) is 6.08 Å². The zero-order valence-electron chi connectivity index (χ0n) is 16.3. The third kappa shape index (κ3) is 6.13. The van der Waals surface area contributed by atoms with E-state index in [0.29, 0.717) is 23.1 Å². The van der Waals surface area contributed by atoms with E-state index in [4.69, 9.17) is 21.1 Å². The Bertz CT molecular complexity index is 1010. The Morgan fingerprint density at radius 1 is 1.03 bits per heavy atom. The van der Waals surface area contributed by atoms with Gasteiger partial charge in [-0.15, -0.1) is 0 Å². The van der Waals surface area contributed by atoms with Crippen molar-refractivity contribution in [3.63, 3.8) is 0 Å². The van der Waals surface area contributed by atoms with E-state index in [9.17, 15) is 4.79 Å². The highest BCUT2D eigenvalue weighted by Crippen LogP contribution is 2.29. The van der Waals surface area contributed by atoms with Crippen LogP contribution in [0.5, 0.6) is 11.5 Å². The molecular formula is C24H22ClNO3. The fraction of sp³-hybridized carbons (Fsp3) is 0.125. The molecule has 0 aliphatic heterocycles. The molecule has 0 radical (unpaired) electrons. The molecule has 0 fully saturated rings. The summed E-state index contributed by atoms with van der Waals surface area (Å²) < 4.78 is 11.3. The Hall–Kier alpha value is -3.24. The van der Waals surface area contributed by atoms with E-state index < -0.39 is 0 Å². The quantitative estimate of drug-likeness (QED) is 0.497. The van der Waals surface area contributed by atoms with Gasteiger partial charge in [0.05, 0.1) is 7.11 Å². The van der Waals surface area contributed by atoms with Gasteiger partial charge in [-0.3, -0.25) is 4.79 Å². The predicted molar refractivity (Wildman–Crippen MR) is 118 cm³/mol. The fourth-order valence-electron chi connectivity index (χ4n) is 2.73. The molecule has 3 rings (SSSR count). The van der Waals surface area contributed by atoms with Gasteiger partial charge in [-0.1, -0.05) is 41.9 Å². The van der Waals surface area contributed by atoms with Gasteiger partial charge in [0.25, 0.3) is 0 Å². The fourth-order valence-corrected chi connectivity index (χ4v) is 2.85. The molecule has 0 bridgehead atoms. The van der Waals surface area contributed by atoms with Crippen LogP contribution in [0.15, 0.2) is 72.8 Å². The lowest BCUT2D eigenvalue weighted by Crippen LogP contribution is -2.07. The number of hydrogen-bond acceptors (Lipinski definition) is 3. The van der Waals surface area contributed by atoms with E-state index in [1.807, 2.05) is 73.7 Å². The summed E-state index contributed by atoms with van der Waals surface area (Å²) in [5.74, 6) is 1.03. The lowest BCUT2D eigenvalue weighted by atomic mass is 10.1. The largest absolute Gasteiger partial charge is 0.493 e. The first kappa shape index (κ1) is 20.5. The van der Waals surface area contributed by atoms with Crippen molar-refractivity contribution in [2.45, 2.75) is 13.5 Å². The molecule has 3 aromatic carbocycles. The summed E-state index contributed by atoms with van der Waals surface area (Å²) in [5.41, 5.74) is 3.70. The van der Waals surface area contributed by atoms with Gasteiger partial charge in [-0.05, 0) is 66.1 Å². The second-order valence-electron chi connectivity index (χ2n) is 6.52. The van der Waals surface area contributed by atoms with E-state index in [1.54, 1.807) is 13.2 Å². The number of benzene rings is 3. The van der Waals surface area contributed by atoms with Crippen LogP contribution in [0, 0.1) is 6.92 Å². The topological polar surface area (TPSA) is 47.6 Å². The molecule has 0 atom stereocenters. The van der Waals surface area contributed by atoms with E-state index in [1.165, 1.54) is 6.08 Å². The summed E-state index contributed by atoms with van der Waals surface area (Å²) in [4.78, 5) is 12.1. The second kappa shape index (κ2) is 9.80. The molecule has 0 saturated heterocycles. The van der Waals surface area contributed by atoms with Crippen molar-refractivity contribution in [3.8, 4) is 11.5 Å². The van der Waals surface area contributed by atoms with Crippen molar-refractivity contribution in [2.75, 3.05) is 12.4 Å². The highest BCUT2D eigenvalue weighted by atomic mass is 35.5. The molecule has 0 unspecified atom stereocenters. The minimum absolute atomic E-state index is 0.197. The number of nitrogens with one attached hydrogen (secondary N) is 1. The first-order chi connectivity index (χ1) is 14.0. The highest BCUT2D eigenvalue weighted by Gasteiger charge is 2.06. The number of amides is 1. The summed E-state index contributed by atoms with van der Waals surface area (Å²) in [6.45, 7) is 2.38. The molecule has 0 heterocycles. The van der Waals surface area contributed by atoms with Gasteiger partial charge in [-0.2, -0.15) is 0 Å². The van der Waals surface area contributed by atoms with Crippen LogP contribution in [-0.2, 0) is 11.4 Å². The van der Waals surface area contributed by atoms with E-state index in [0.717, 1.165) is 22.4 Å². The molecular weight excluding hydrogens is 386 g/mol. The number of aryl methyl sites for hydroxylation is 1. The van der Waals surface area contributed by atoms with Gasteiger partial charge in [0.2, 0.25) is 5.91 Å². The second-order valence-corrected chi connectivity index (χ2v) is 6.95. The number of halogens is 1. The Labute approximate surface area is 175 Å². The minimum atomic E-state index is -0.197. The van der Waals surface area contributed by atoms with Crippen molar-refractivity contribution in [1.29, 1.82) is 0 Å². The summed E-state index contributed by atoms with van der Waals surface area (Å²) in [6.07, 6.45) is 3.22. The molecule has 0 aliphatic carbocycles. The molecule has 0 saturated carbocycles. The molecule has 0 spiro atoms. The van der Waals surface area contributed by atoms with E-state index in [-0.39, 0.29) is 5.91 Å². The van der Waals surface area contributed by atoms with Crippen molar-refractivity contribution in [2.24, 2.45) is 0 Å². The van der Waals surface area contributed by atoms with Crippen LogP contribution in [0.1, 0.15) is 16.7 Å². The van der Waals surface area contributed by atoms with Crippen LogP contribution in [0.2, 0.25) is 5.02 Å². The van der Waals surface area contributed by atoms with Gasteiger partial charge in [0.15, 0.2) is 11.5 Å². The first-order valence-corrected chi connectivity index (χ1v) is 9.52. The van der Waals surface area contributed by atoms with E-state index >= 15 is 0 Å². The summed E-state index contributed by atoms with van der Waals surface area (Å²) in [5, 5.41) is 3.53. The predicted octanol–water partition coefficient (Wildman–Crippen LogP) is 5.89. The summed E-state index contributed by atoms with van der Waals surface area (Å²) in [6, 6.07) is 20.7. The number of methoxy groups -OCH3 is 1. The molecule has 4 nitrogen and oxygen atoms in total. The zero-order chi connectivity index (χ0) is 20.6. The maximum Gasteiger partial charge on any atom is 0.248 e. The highest BCUT2D eigenvalue weighted by molar-refractivity contribution is 6.30. The van der Waals surface area contributed by atoms with Gasteiger partial charge in [-0.25, -0.2) is 0 Å². The number of carbonyl (C=O) groups excluding carboxylic acids is 1. The molecule has 29 heavy (non-hydrogen) atoms. The van der Waals surface area contributed by atoms with Crippen LogP contribution in [0.3, 0.4) is 0 Å². The third-order valence-corrected chi connectivity index (χ3v) is 4.46. The average molecular weight is 408 g/mol. The Morgan fingerprint density at radius 3 is 2.55 bits per heavy atom. The van der Waals surface area contributed by atoms with Crippen molar-refractivity contribution < 1.29 is 14.3 Å². The monoisotopic (exact) mass is 407 g/mol. The van der Waals surface area contributed by atoms with Gasteiger partial charge >= 0.3 is 0 Å². The molecule has 148 valence electrons. The molecule has 0 aliphatic rings. The van der Waals surface area contributed by atoms with Crippen molar-refractivity contribution in [1.82, 2.24) is 0 Å². The lowest BCUT2D eigenvalue weighted by molar-refractivity contribution is -0.111. The maximum absolute atomic E-state index is 12.1. The number of rotatable bonds is 7. The molecule has 1 amide bonds. The Balaban J connectivity index is 1.63. The maximum atomic E-state index is 12.1. The molecule has 3 aromatic rings. The van der Waals surface area contributed by atoms with Gasteiger partial charge < -0.3 is 14.8 Å². The Kier molecular flexibility index (Phi) is 6.93. The van der Waals surface area contributed by atoms with Crippen molar-refractivity contribution >= 4 is 29.3 Å². The number of carbonyl (C=O) groups is 1. The minimum Gasteiger partial charge on any atom is -0.493 e. The number of anilines is 1. The smallest absolute Gasteiger partial charge is 0.248 e. The standard InChI is InChI=1S/C24H22ClNO3/c1-17-4-3-5-21(14-17)26-24(27)13-9-18-8-12-22(23(15-18)28-2)29-16-19-6-10-20(25)11-7-19/h3-15H,16H2,1-2H3,(H,26,27)/b13-9+. The van der Waals surface area contributed by atoms with Crippen LogP contribution < -0.4 is 14.8 Å². The normalized spacial score (nSPS) is 10.7. The van der Waals surface area contributed by atoms with Crippen LogP contribution >= 0.6 is 11.6 Å².